The number of nitrogens with zero attached hydrogens (tertiary/aromatic N) is 3. The molecule has 1 aromatic carbocycles. The maximum absolute atomic E-state index is 12.6. The van der Waals surface area contributed by atoms with Crippen LogP contribution in [0.1, 0.15) is 19.3 Å². The molecule has 1 aliphatic carbocycles. The maximum Gasteiger partial charge on any atom is 0.290 e. The lowest BCUT2D eigenvalue weighted by atomic mass is 9.94. The van der Waals surface area contributed by atoms with Gasteiger partial charge in [-0.15, -0.1) is 5.10 Å². The fraction of sp³-hybridized carbons (Fsp3) is 0.250. The molecule has 0 bridgehead atoms. The summed E-state index contributed by atoms with van der Waals surface area (Å²) in [5.74, 6) is 1.74. The fourth-order valence-corrected chi connectivity index (χ4v) is 3.98. The van der Waals surface area contributed by atoms with Crippen LogP contribution in [0, 0.1) is 5.92 Å². The molecule has 0 saturated heterocycles. The average Bonchev–Trinajstić information content (AvgIpc) is 3.21. The van der Waals surface area contributed by atoms with Crippen LogP contribution in [-0.4, -0.2) is 21.2 Å². The lowest BCUT2D eigenvalue weighted by Gasteiger charge is -2.11. The van der Waals surface area contributed by atoms with E-state index in [4.69, 9.17) is 4.74 Å². The minimum atomic E-state index is -0.0794. The highest BCUT2D eigenvalue weighted by Crippen LogP contribution is 2.21. The summed E-state index contributed by atoms with van der Waals surface area (Å²) >= 11 is 1.41. The number of rotatable bonds is 5. The number of allylic oxidation sites excluding steroid dienone is 2. The number of thiazole rings is 1. The molecule has 132 valence electrons. The van der Waals surface area contributed by atoms with Crippen molar-refractivity contribution in [1.29, 1.82) is 0 Å². The van der Waals surface area contributed by atoms with Crippen LogP contribution < -0.4 is 14.8 Å². The molecule has 0 spiro atoms. The summed E-state index contributed by atoms with van der Waals surface area (Å²) in [6.07, 6.45) is 11.3. The first-order valence-electron chi connectivity index (χ1n) is 8.65. The van der Waals surface area contributed by atoms with Crippen LogP contribution in [0.4, 0.5) is 0 Å². The second-order valence-corrected chi connectivity index (χ2v) is 7.25. The van der Waals surface area contributed by atoms with Crippen molar-refractivity contribution in [2.24, 2.45) is 5.92 Å². The van der Waals surface area contributed by atoms with Gasteiger partial charge in [0.15, 0.2) is 5.82 Å². The van der Waals surface area contributed by atoms with Gasteiger partial charge >= 0.3 is 0 Å². The number of aromatic nitrogens is 3. The lowest BCUT2D eigenvalue weighted by molar-refractivity contribution is 0.363. The molecule has 0 N–H and O–H groups in total. The van der Waals surface area contributed by atoms with Gasteiger partial charge in [0.25, 0.3) is 5.56 Å². The van der Waals surface area contributed by atoms with Crippen LogP contribution in [-0.2, 0) is 0 Å². The molecular weight excluding hydrogens is 346 g/mol. The molecule has 1 aliphatic rings. The summed E-state index contributed by atoms with van der Waals surface area (Å²) in [6.45, 7) is 4.09. The molecule has 26 heavy (non-hydrogen) atoms. The Balaban J connectivity index is 1.62. The normalized spacial score (nSPS) is 17.7. The van der Waals surface area contributed by atoms with Gasteiger partial charge < -0.3 is 4.74 Å². The molecular formula is C20H19N3O2S. The average molecular weight is 365 g/mol. The molecule has 2 aromatic heterocycles. The largest absolute Gasteiger partial charge is 0.490 e. The Hall–Kier alpha value is -2.73. The molecule has 3 aromatic rings. The van der Waals surface area contributed by atoms with Gasteiger partial charge in [-0.1, -0.05) is 42.2 Å². The number of ether oxygens (including phenoxy) is 1. The van der Waals surface area contributed by atoms with Gasteiger partial charge in [-0.05, 0) is 49.4 Å². The molecule has 1 atom stereocenters. The molecule has 0 saturated carbocycles. The smallest absolute Gasteiger partial charge is 0.290 e. The minimum Gasteiger partial charge on any atom is -0.490 e. The summed E-state index contributed by atoms with van der Waals surface area (Å²) in [6, 6.07) is 7.51. The lowest BCUT2D eigenvalue weighted by Crippen LogP contribution is -2.25. The van der Waals surface area contributed by atoms with Crippen molar-refractivity contribution in [2.75, 3.05) is 6.61 Å². The van der Waals surface area contributed by atoms with Crippen LogP contribution in [0.25, 0.3) is 22.4 Å². The van der Waals surface area contributed by atoms with Crippen molar-refractivity contribution in [3.8, 4) is 17.1 Å². The van der Waals surface area contributed by atoms with Crippen LogP contribution in [0.3, 0.4) is 0 Å². The third-order valence-electron chi connectivity index (χ3n) is 4.36. The first-order valence-corrected chi connectivity index (χ1v) is 9.47. The molecule has 0 aliphatic heterocycles. The maximum atomic E-state index is 12.6. The van der Waals surface area contributed by atoms with Gasteiger partial charge in [-0.25, -0.2) is 0 Å². The summed E-state index contributed by atoms with van der Waals surface area (Å²) in [7, 11) is 0. The van der Waals surface area contributed by atoms with E-state index in [2.05, 4.69) is 34.9 Å². The van der Waals surface area contributed by atoms with E-state index in [0.29, 0.717) is 23.3 Å². The van der Waals surface area contributed by atoms with Gasteiger partial charge in [0, 0.05) is 5.56 Å². The second kappa shape index (κ2) is 7.25. The fourth-order valence-electron chi connectivity index (χ4n) is 3.01. The molecule has 0 amide bonds. The first kappa shape index (κ1) is 16.7. The predicted molar refractivity (Wildman–Crippen MR) is 104 cm³/mol. The van der Waals surface area contributed by atoms with Gasteiger partial charge in [-0.2, -0.15) is 9.50 Å². The Morgan fingerprint density at radius 1 is 1.31 bits per heavy atom. The predicted octanol–water partition coefficient (Wildman–Crippen LogP) is 3.24. The highest BCUT2D eigenvalue weighted by molar-refractivity contribution is 7.15. The minimum absolute atomic E-state index is 0.0794. The number of benzene rings is 1. The van der Waals surface area contributed by atoms with Crippen LogP contribution >= 0.6 is 11.3 Å². The third kappa shape index (κ3) is 3.32. The highest BCUT2D eigenvalue weighted by Gasteiger charge is 2.14. The Bertz CT molecular complexity index is 1060. The Labute approximate surface area is 155 Å². The van der Waals surface area contributed by atoms with E-state index in [9.17, 15) is 4.79 Å². The zero-order valence-electron chi connectivity index (χ0n) is 14.3. The van der Waals surface area contributed by atoms with Crippen molar-refractivity contribution in [1.82, 2.24) is 14.6 Å². The van der Waals surface area contributed by atoms with Crippen LogP contribution in [0.15, 0.2) is 53.9 Å². The van der Waals surface area contributed by atoms with E-state index in [0.717, 1.165) is 35.1 Å². The van der Waals surface area contributed by atoms with E-state index < -0.39 is 0 Å². The topological polar surface area (TPSA) is 56.5 Å². The number of hydrogen-bond acceptors (Lipinski definition) is 5. The zero-order chi connectivity index (χ0) is 17.9. The molecule has 5 nitrogen and oxygen atoms in total. The third-order valence-corrected chi connectivity index (χ3v) is 5.34. The van der Waals surface area contributed by atoms with Crippen molar-refractivity contribution in [3.05, 3.63) is 64.0 Å². The first-order chi connectivity index (χ1) is 12.7. The number of fused-ring (bicyclic) bond motifs is 1. The van der Waals surface area contributed by atoms with E-state index in [1.165, 1.54) is 15.9 Å². The monoisotopic (exact) mass is 365 g/mol. The summed E-state index contributed by atoms with van der Waals surface area (Å²) in [4.78, 5) is 17.8. The van der Waals surface area contributed by atoms with Crippen molar-refractivity contribution >= 4 is 22.4 Å². The SMILES string of the molecule is C=CCOc1ccc(-c2nc3s/c(=C\C4CC=CCC4)c(=O)n3n2)cc1. The van der Waals surface area contributed by atoms with Gasteiger partial charge in [0.2, 0.25) is 4.96 Å². The summed E-state index contributed by atoms with van der Waals surface area (Å²) in [5.41, 5.74) is 0.776. The van der Waals surface area contributed by atoms with Gasteiger partial charge in [0.05, 0.1) is 4.53 Å². The zero-order valence-corrected chi connectivity index (χ0v) is 15.1. The molecule has 6 heteroatoms. The van der Waals surface area contributed by atoms with E-state index in [1.807, 2.05) is 24.3 Å². The second-order valence-electron chi connectivity index (χ2n) is 6.24. The van der Waals surface area contributed by atoms with E-state index >= 15 is 0 Å². The molecule has 2 heterocycles. The van der Waals surface area contributed by atoms with Crippen LogP contribution in [0.2, 0.25) is 0 Å². The van der Waals surface area contributed by atoms with Gasteiger partial charge in [-0.3, -0.25) is 4.79 Å². The quantitative estimate of drug-likeness (QED) is 0.652. The van der Waals surface area contributed by atoms with E-state index in [1.54, 1.807) is 6.08 Å². The summed E-state index contributed by atoms with van der Waals surface area (Å²) in [5, 5.41) is 4.40. The number of hydrogen-bond donors (Lipinski definition) is 0. The Kier molecular flexibility index (Phi) is 4.67. The molecule has 4 rings (SSSR count). The van der Waals surface area contributed by atoms with Gasteiger partial charge in [0.1, 0.15) is 12.4 Å². The molecule has 0 radical (unpaired) electrons. The van der Waals surface area contributed by atoms with Crippen molar-refractivity contribution in [3.63, 3.8) is 0 Å². The Morgan fingerprint density at radius 3 is 2.85 bits per heavy atom. The van der Waals surface area contributed by atoms with E-state index in [-0.39, 0.29) is 5.56 Å². The van der Waals surface area contributed by atoms with Crippen LogP contribution in [0.5, 0.6) is 5.75 Å². The molecule has 0 fully saturated rings. The van der Waals surface area contributed by atoms with Crippen molar-refractivity contribution in [2.45, 2.75) is 19.3 Å². The molecule has 1 unspecified atom stereocenters. The highest BCUT2D eigenvalue weighted by atomic mass is 32.1. The Morgan fingerprint density at radius 2 is 2.15 bits per heavy atom. The van der Waals surface area contributed by atoms with Crippen molar-refractivity contribution < 1.29 is 4.74 Å². The standard InChI is InChI=1S/C20H19N3O2S/c1-2-12-25-16-10-8-15(9-11-16)18-21-20-23(22-18)19(24)17(26-20)13-14-6-4-3-5-7-14/h2-4,8-11,13-14H,1,5-7,12H2/b17-13-. The summed E-state index contributed by atoms with van der Waals surface area (Å²) < 4.78 is 7.62.